The molecule has 0 bridgehead atoms. The lowest BCUT2D eigenvalue weighted by Gasteiger charge is -2.27. The van der Waals surface area contributed by atoms with Gasteiger partial charge in [-0.05, 0) is 30.5 Å². The predicted octanol–water partition coefficient (Wildman–Crippen LogP) is 3.36. The minimum atomic E-state index is -0.967. The quantitative estimate of drug-likeness (QED) is 0.868. The number of amides is 1. The van der Waals surface area contributed by atoms with Crippen molar-refractivity contribution in [2.45, 2.75) is 37.5 Å². The monoisotopic (exact) mass is 348 g/mol. The first-order valence-electron chi connectivity index (χ1n) is 7.73. The lowest BCUT2D eigenvalue weighted by atomic mass is 9.78. The van der Waals surface area contributed by atoms with E-state index in [-0.39, 0.29) is 18.1 Å². The fourth-order valence-corrected chi connectivity index (χ4v) is 3.93. The molecule has 2 N–H and O–H groups in total. The molecule has 5 nitrogen and oxygen atoms in total. The summed E-state index contributed by atoms with van der Waals surface area (Å²) in [5, 5.41) is 13.6. The van der Waals surface area contributed by atoms with E-state index in [2.05, 4.69) is 10.3 Å². The largest absolute Gasteiger partial charge is 0.481 e. The van der Waals surface area contributed by atoms with Crippen molar-refractivity contribution in [3.05, 3.63) is 46.7 Å². The highest BCUT2D eigenvalue weighted by atomic mass is 32.1. The van der Waals surface area contributed by atoms with Crippen LogP contribution in [0.5, 0.6) is 0 Å². The summed E-state index contributed by atoms with van der Waals surface area (Å²) < 4.78 is 13.6. The Balaban J connectivity index is 1.83. The molecule has 0 radical (unpaired) electrons. The van der Waals surface area contributed by atoms with Crippen LogP contribution in [0, 0.1) is 5.82 Å². The Bertz CT molecular complexity index is 769. The van der Waals surface area contributed by atoms with E-state index < -0.39 is 11.4 Å². The first kappa shape index (κ1) is 16.6. The van der Waals surface area contributed by atoms with Crippen LogP contribution in [0.1, 0.15) is 36.9 Å². The van der Waals surface area contributed by atoms with Crippen molar-refractivity contribution in [1.29, 1.82) is 0 Å². The summed E-state index contributed by atoms with van der Waals surface area (Å²) in [5.74, 6) is -1.53. The zero-order chi connectivity index (χ0) is 17.2. The van der Waals surface area contributed by atoms with Gasteiger partial charge in [0, 0.05) is 5.38 Å². The molecule has 7 heteroatoms. The summed E-state index contributed by atoms with van der Waals surface area (Å²) in [6.45, 7) is 0. The van der Waals surface area contributed by atoms with Crippen LogP contribution in [-0.2, 0) is 21.4 Å². The lowest BCUT2D eigenvalue weighted by molar-refractivity contribution is -0.136. The zero-order valence-electron chi connectivity index (χ0n) is 12.9. The van der Waals surface area contributed by atoms with Crippen molar-refractivity contribution in [2.75, 3.05) is 5.32 Å². The highest BCUT2D eigenvalue weighted by Gasteiger charge is 2.43. The summed E-state index contributed by atoms with van der Waals surface area (Å²) >= 11 is 1.20. The molecular weight excluding hydrogens is 331 g/mol. The van der Waals surface area contributed by atoms with Crippen LogP contribution >= 0.6 is 11.3 Å². The normalized spacial score (nSPS) is 16.0. The second kappa shape index (κ2) is 6.68. The van der Waals surface area contributed by atoms with Crippen molar-refractivity contribution in [3.8, 4) is 0 Å². The van der Waals surface area contributed by atoms with Gasteiger partial charge in [-0.1, -0.05) is 25.0 Å². The van der Waals surface area contributed by atoms with Crippen molar-refractivity contribution in [1.82, 2.24) is 4.98 Å². The Labute approximate surface area is 142 Å². The molecule has 0 aliphatic heterocycles. The zero-order valence-corrected chi connectivity index (χ0v) is 13.7. The summed E-state index contributed by atoms with van der Waals surface area (Å²) in [5.41, 5.74) is 0.342. The van der Waals surface area contributed by atoms with Gasteiger partial charge in [0.25, 0.3) is 0 Å². The topological polar surface area (TPSA) is 79.3 Å². The molecule has 0 unspecified atom stereocenters. The second-order valence-corrected chi connectivity index (χ2v) is 6.83. The standard InChI is InChI=1S/C17H17FN2O3S/c18-12-5-3-4-11(8-12)17(6-1-2-7-17)15(23)20-16-19-13(10-24-16)9-14(21)22/h3-5,8,10H,1-2,6-7,9H2,(H,21,22)(H,19,20,23). The van der Waals surface area contributed by atoms with Gasteiger partial charge in [0.2, 0.25) is 5.91 Å². The number of benzene rings is 1. The number of anilines is 1. The van der Waals surface area contributed by atoms with Gasteiger partial charge in [0.05, 0.1) is 17.5 Å². The number of hydrogen-bond donors (Lipinski definition) is 2. The highest BCUT2D eigenvalue weighted by molar-refractivity contribution is 7.13. The van der Waals surface area contributed by atoms with Crippen molar-refractivity contribution in [2.24, 2.45) is 0 Å². The van der Waals surface area contributed by atoms with E-state index in [9.17, 15) is 14.0 Å². The number of aromatic nitrogens is 1. The Morgan fingerprint density at radius 3 is 2.75 bits per heavy atom. The number of carboxylic acids is 1. The summed E-state index contributed by atoms with van der Waals surface area (Å²) in [6, 6.07) is 6.18. The number of carbonyl (C=O) groups excluding carboxylic acids is 1. The molecule has 3 rings (SSSR count). The van der Waals surface area contributed by atoms with Gasteiger partial charge in [-0.25, -0.2) is 9.37 Å². The molecule has 24 heavy (non-hydrogen) atoms. The molecule has 0 saturated heterocycles. The molecule has 0 atom stereocenters. The molecule has 1 aliphatic carbocycles. The summed E-state index contributed by atoms with van der Waals surface area (Å²) in [6.07, 6.45) is 2.96. The maximum absolute atomic E-state index is 13.6. The van der Waals surface area contributed by atoms with Crippen LogP contribution in [-0.4, -0.2) is 22.0 Å². The second-order valence-electron chi connectivity index (χ2n) is 5.97. The number of carboxylic acid groups (broad SMARTS) is 1. The van der Waals surface area contributed by atoms with Gasteiger partial charge in [0.1, 0.15) is 5.82 Å². The smallest absolute Gasteiger partial charge is 0.309 e. The molecule has 1 fully saturated rings. The summed E-state index contributed by atoms with van der Waals surface area (Å²) in [7, 11) is 0. The third-order valence-corrected chi connectivity index (χ3v) is 5.18. The number of hydrogen-bond acceptors (Lipinski definition) is 4. The van der Waals surface area contributed by atoms with Gasteiger partial charge >= 0.3 is 5.97 Å². The first-order chi connectivity index (χ1) is 11.5. The van der Waals surface area contributed by atoms with Crippen molar-refractivity contribution < 1.29 is 19.1 Å². The van der Waals surface area contributed by atoms with Crippen LogP contribution < -0.4 is 5.32 Å². The molecule has 0 spiro atoms. The third kappa shape index (κ3) is 3.31. The molecule has 1 aromatic carbocycles. The Kier molecular flexibility index (Phi) is 4.62. The average molecular weight is 348 g/mol. The molecular formula is C17H17FN2O3S. The molecule has 1 saturated carbocycles. The van der Waals surface area contributed by atoms with Crippen LogP contribution in [0.2, 0.25) is 0 Å². The number of nitrogens with zero attached hydrogens (tertiary/aromatic N) is 1. The van der Waals surface area contributed by atoms with E-state index in [4.69, 9.17) is 5.11 Å². The van der Waals surface area contributed by atoms with E-state index in [1.54, 1.807) is 17.5 Å². The number of thiazole rings is 1. The van der Waals surface area contributed by atoms with Gasteiger partial charge in [-0.15, -0.1) is 11.3 Å². The van der Waals surface area contributed by atoms with Crippen LogP contribution in [0.25, 0.3) is 0 Å². The predicted molar refractivity (Wildman–Crippen MR) is 88.6 cm³/mol. The number of carbonyl (C=O) groups is 2. The maximum atomic E-state index is 13.6. The fraction of sp³-hybridized carbons (Fsp3) is 0.353. The van der Waals surface area contributed by atoms with E-state index in [0.717, 1.165) is 12.8 Å². The van der Waals surface area contributed by atoms with Crippen LogP contribution in [0.15, 0.2) is 29.6 Å². The molecule has 1 heterocycles. The highest BCUT2D eigenvalue weighted by Crippen LogP contribution is 2.42. The fourth-order valence-electron chi connectivity index (χ4n) is 3.23. The molecule has 1 aromatic heterocycles. The average Bonchev–Trinajstić information content (AvgIpc) is 3.17. The molecule has 126 valence electrons. The number of halogens is 1. The molecule has 1 aliphatic rings. The van der Waals surface area contributed by atoms with E-state index >= 15 is 0 Å². The maximum Gasteiger partial charge on any atom is 0.309 e. The number of nitrogens with one attached hydrogen (secondary N) is 1. The molecule has 1 amide bonds. The van der Waals surface area contributed by atoms with Gasteiger partial charge in [0.15, 0.2) is 5.13 Å². The van der Waals surface area contributed by atoms with Gasteiger partial charge in [-0.3, -0.25) is 9.59 Å². The van der Waals surface area contributed by atoms with Gasteiger partial charge in [-0.2, -0.15) is 0 Å². The van der Waals surface area contributed by atoms with E-state index in [1.807, 2.05) is 0 Å². The summed E-state index contributed by atoms with van der Waals surface area (Å²) in [4.78, 5) is 27.8. The Hall–Kier alpha value is -2.28. The van der Waals surface area contributed by atoms with Crippen molar-refractivity contribution in [3.63, 3.8) is 0 Å². The minimum Gasteiger partial charge on any atom is -0.481 e. The molecule has 2 aromatic rings. The number of rotatable bonds is 5. The number of aliphatic carboxylic acids is 1. The third-order valence-electron chi connectivity index (χ3n) is 4.37. The Morgan fingerprint density at radius 1 is 1.33 bits per heavy atom. The lowest BCUT2D eigenvalue weighted by Crippen LogP contribution is -2.38. The van der Waals surface area contributed by atoms with Gasteiger partial charge < -0.3 is 10.4 Å². The van der Waals surface area contributed by atoms with E-state index in [1.165, 1.54) is 23.5 Å². The first-order valence-corrected chi connectivity index (χ1v) is 8.61. The van der Waals surface area contributed by atoms with Crippen LogP contribution in [0.3, 0.4) is 0 Å². The van der Waals surface area contributed by atoms with Crippen LogP contribution in [0.4, 0.5) is 9.52 Å². The minimum absolute atomic E-state index is 0.179. The van der Waals surface area contributed by atoms with E-state index in [0.29, 0.717) is 29.2 Å². The van der Waals surface area contributed by atoms with Crippen molar-refractivity contribution >= 4 is 28.3 Å². The Morgan fingerprint density at radius 2 is 2.08 bits per heavy atom. The SMILES string of the molecule is O=C(O)Cc1csc(NC(=O)C2(c3cccc(F)c3)CCCC2)n1.